The van der Waals surface area contributed by atoms with Crippen molar-refractivity contribution in [2.75, 3.05) is 0 Å². The Kier molecular flexibility index (Phi) is 2.40. The van der Waals surface area contributed by atoms with E-state index in [9.17, 15) is 4.79 Å². The Hall–Kier alpha value is -1.32. The summed E-state index contributed by atoms with van der Waals surface area (Å²) >= 11 is 0. The molecule has 1 aromatic rings. The largest absolute Gasteiger partial charge is 0.346 e. The van der Waals surface area contributed by atoms with Gasteiger partial charge in [0.15, 0.2) is 0 Å². The first-order chi connectivity index (χ1) is 5.88. The number of hydrogen-bond acceptors (Lipinski definition) is 2. The van der Waals surface area contributed by atoms with Gasteiger partial charge in [-0.2, -0.15) is 0 Å². The molecule has 1 rings (SSSR count). The van der Waals surface area contributed by atoms with Gasteiger partial charge in [0.25, 0.3) is 5.91 Å². The molecule has 1 N–H and O–H groups in total. The number of amides is 1. The number of imidazole rings is 1. The molecule has 0 saturated heterocycles. The van der Waals surface area contributed by atoms with Crippen LogP contribution < -0.4 is 5.32 Å². The standard InChI is InChI=1S/C9H15N3O/c1-9(2,3)11-8(13)7-5-12(4)6-10-7/h5-6H,1-4H3,(H,11,13). The second-order valence-electron chi connectivity index (χ2n) is 4.13. The molecule has 1 aromatic heterocycles. The maximum absolute atomic E-state index is 11.5. The monoisotopic (exact) mass is 181 g/mol. The van der Waals surface area contributed by atoms with Gasteiger partial charge in [-0.15, -0.1) is 0 Å². The van der Waals surface area contributed by atoms with E-state index in [0.29, 0.717) is 5.69 Å². The number of carbonyl (C=O) groups excluding carboxylic acids is 1. The van der Waals surface area contributed by atoms with Gasteiger partial charge in [-0.05, 0) is 20.8 Å². The predicted octanol–water partition coefficient (Wildman–Crippen LogP) is 0.948. The Bertz CT molecular complexity index is 309. The van der Waals surface area contributed by atoms with Crippen molar-refractivity contribution >= 4 is 5.91 Å². The van der Waals surface area contributed by atoms with Crippen LogP contribution in [0.1, 0.15) is 31.3 Å². The normalized spacial score (nSPS) is 11.4. The average Bonchev–Trinajstić information content (AvgIpc) is 2.31. The lowest BCUT2D eigenvalue weighted by atomic mass is 10.1. The van der Waals surface area contributed by atoms with Crippen molar-refractivity contribution in [1.82, 2.24) is 14.9 Å². The maximum atomic E-state index is 11.5. The molecular formula is C9H15N3O. The van der Waals surface area contributed by atoms with E-state index >= 15 is 0 Å². The Morgan fingerprint density at radius 3 is 2.54 bits per heavy atom. The van der Waals surface area contributed by atoms with Crippen LogP contribution >= 0.6 is 0 Å². The van der Waals surface area contributed by atoms with Gasteiger partial charge in [0.05, 0.1) is 6.33 Å². The molecule has 0 aliphatic rings. The third-order valence-electron chi connectivity index (χ3n) is 1.43. The number of aromatic nitrogens is 2. The van der Waals surface area contributed by atoms with Gasteiger partial charge in [0.2, 0.25) is 0 Å². The fourth-order valence-electron chi connectivity index (χ4n) is 0.935. The van der Waals surface area contributed by atoms with Crippen LogP contribution in [0.25, 0.3) is 0 Å². The number of nitrogens with zero attached hydrogens (tertiary/aromatic N) is 2. The molecule has 0 radical (unpaired) electrons. The predicted molar refractivity (Wildman–Crippen MR) is 50.4 cm³/mol. The van der Waals surface area contributed by atoms with Gasteiger partial charge < -0.3 is 9.88 Å². The second-order valence-corrected chi connectivity index (χ2v) is 4.13. The summed E-state index contributed by atoms with van der Waals surface area (Å²) in [5.74, 6) is -0.131. The van der Waals surface area contributed by atoms with E-state index in [2.05, 4.69) is 10.3 Å². The van der Waals surface area contributed by atoms with Gasteiger partial charge in [0.1, 0.15) is 5.69 Å². The highest BCUT2D eigenvalue weighted by atomic mass is 16.2. The summed E-state index contributed by atoms with van der Waals surface area (Å²) in [5.41, 5.74) is 0.242. The molecule has 0 bridgehead atoms. The number of nitrogens with one attached hydrogen (secondary N) is 1. The first kappa shape index (κ1) is 9.77. The first-order valence-corrected chi connectivity index (χ1v) is 4.19. The molecule has 0 aliphatic heterocycles. The average molecular weight is 181 g/mol. The van der Waals surface area contributed by atoms with E-state index < -0.39 is 0 Å². The topological polar surface area (TPSA) is 46.9 Å². The second kappa shape index (κ2) is 3.20. The van der Waals surface area contributed by atoms with Crippen molar-refractivity contribution in [1.29, 1.82) is 0 Å². The van der Waals surface area contributed by atoms with Crippen LogP contribution in [-0.2, 0) is 7.05 Å². The smallest absolute Gasteiger partial charge is 0.271 e. The van der Waals surface area contributed by atoms with Crippen LogP contribution in [0.4, 0.5) is 0 Å². The highest BCUT2D eigenvalue weighted by Crippen LogP contribution is 2.01. The van der Waals surface area contributed by atoms with Crippen LogP contribution in [0.3, 0.4) is 0 Å². The lowest BCUT2D eigenvalue weighted by Crippen LogP contribution is -2.40. The maximum Gasteiger partial charge on any atom is 0.271 e. The van der Waals surface area contributed by atoms with E-state index in [-0.39, 0.29) is 11.4 Å². The highest BCUT2D eigenvalue weighted by Gasteiger charge is 2.16. The fraction of sp³-hybridized carbons (Fsp3) is 0.556. The molecule has 0 fully saturated rings. The molecule has 0 aliphatic carbocycles. The number of rotatable bonds is 1. The zero-order valence-electron chi connectivity index (χ0n) is 8.46. The van der Waals surface area contributed by atoms with Gasteiger partial charge in [0, 0.05) is 18.8 Å². The lowest BCUT2D eigenvalue weighted by Gasteiger charge is -2.19. The Morgan fingerprint density at radius 2 is 2.15 bits per heavy atom. The molecular weight excluding hydrogens is 166 g/mol. The van der Waals surface area contributed by atoms with Crippen molar-refractivity contribution < 1.29 is 4.79 Å². The molecule has 0 saturated carbocycles. The van der Waals surface area contributed by atoms with Crippen LogP contribution in [0.15, 0.2) is 12.5 Å². The Morgan fingerprint density at radius 1 is 1.54 bits per heavy atom. The molecule has 13 heavy (non-hydrogen) atoms. The van der Waals surface area contributed by atoms with Crippen LogP contribution in [0.5, 0.6) is 0 Å². The summed E-state index contributed by atoms with van der Waals surface area (Å²) in [6.07, 6.45) is 3.30. The third kappa shape index (κ3) is 2.89. The van der Waals surface area contributed by atoms with Crippen molar-refractivity contribution in [2.24, 2.45) is 7.05 Å². The Labute approximate surface area is 78.0 Å². The molecule has 0 unspecified atom stereocenters. The fourth-order valence-corrected chi connectivity index (χ4v) is 0.935. The zero-order valence-corrected chi connectivity index (χ0v) is 8.46. The van der Waals surface area contributed by atoms with Crippen LogP contribution in [0, 0.1) is 0 Å². The highest BCUT2D eigenvalue weighted by molar-refractivity contribution is 5.92. The van der Waals surface area contributed by atoms with Crippen LogP contribution in [0.2, 0.25) is 0 Å². The first-order valence-electron chi connectivity index (χ1n) is 4.19. The molecule has 0 aromatic carbocycles. The van der Waals surface area contributed by atoms with E-state index in [1.807, 2.05) is 27.8 Å². The number of carbonyl (C=O) groups is 1. The lowest BCUT2D eigenvalue weighted by molar-refractivity contribution is 0.0915. The summed E-state index contributed by atoms with van der Waals surface area (Å²) in [7, 11) is 1.83. The molecule has 4 nitrogen and oxygen atoms in total. The summed E-state index contributed by atoms with van der Waals surface area (Å²) in [6, 6.07) is 0. The SMILES string of the molecule is Cn1cnc(C(=O)NC(C)(C)C)c1. The molecule has 1 amide bonds. The molecule has 72 valence electrons. The van der Waals surface area contributed by atoms with Gasteiger partial charge in [-0.25, -0.2) is 4.98 Å². The van der Waals surface area contributed by atoms with Gasteiger partial charge in [-0.3, -0.25) is 4.79 Å². The minimum absolute atomic E-state index is 0.131. The molecule has 0 spiro atoms. The third-order valence-corrected chi connectivity index (χ3v) is 1.43. The molecule has 0 atom stereocenters. The number of hydrogen-bond donors (Lipinski definition) is 1. The van der Waals surface area contributed by atoms with Crippen molar-refractivity contribution in [2.45, 2.75) is 26.3 Å². The number of aryl methyl sites for hydroxylation is 1. The van der Waals surface area contributed by atoms with Gasteiger partial charge in [-0.1, -0.05) is 0 Å². The molecule has 1 heterocycles. The summed E-state index contributed by atoms with van der Waals surface area (Å²) in [4.78, 5) is 15.4. The summed E-state index contributed by atoms with van der Waals surface area (Å²) < 4.78 is 1.75. The van der Waals surface area contributed by atoms with E-state index in [1.54, 1.807) is 17.1 Å². The summed E-state index contributed by atoms with van der Waals surface area (Å²) in [5, 5.41) is 2.83. The van der Waals surface area contributed by atoms with Crippen molar-refractivity contribution in [3.63, 3.8) is 0 Å². The van der Waals surface area contributed by atoms with Crippen molar-refractivity contribution in [3.05, 3.63) is 18.2 Å². The quantitative estimate of drug-likeness (QED) is 0.701. The minimum Gasteiger partial charge on any atom is -0.346 e. The van der Waals surface area contributed by atoms with Crippen molar-refractivity contribution in [3.8, 4) is 0 Å². The van der Waals surface area contributed by atoms with Gasteiger partial charge >= 0.3 is 0 Å². The van der Waals surface area contributed by atoms with E-state index in [0.717, 1.165) is 0 Å². The Balaban J connectivity index is 2.70. The van der Waals surface area contributed by atoms with E-state index in [1.165, 1.54) is 0 Å². The minimum atomic E-state index is -0.214. The van der Waals surface area contributed by atoms with Crippen LogP contribution in [-0.4, -0.2) is 21.0 Å². The van der Waals surface area contributed by atoms with E-state index in [4.69, 9.17) is 0 Å². The zero-order chi connectivity index (χ0) is 10.1. The summed E-state index contributed by atoms with van der Waals surface area (Å²) in [6.45, 7) is 5.82. The molecule has 4 heteroatoms.